The van der Waals surface area contributed by atoms with Gasteiger partial charge in [-0.25, -0.2) is 0 Å². The molecular formula is C23H27BrCl2N2O2S. The fraction of sp³-hybridized carbons (Fsp3) is 0.391. The third-order valence-corrected chi connectivity index (χ3v) is 7.19. The number of carbonyl (C=O) groups excluding carboxylic acids is 2. The van der Waals surface area contributed by atoms with Crippen LogP contribution in [-0.2, 0) is 21.9 Å². The molecule has 0 radical (unpaired) electrons. The highest BCUT2D eigenvalue weighted by atomic mass is 79.9. The fourth-order valence-corrected chi connectivity index (χ4v) is 4.47. The Labute approximate surface area is 207 Å². The van der Waals surface area contributed by atoms with E-state index >= 15 is 0 Å². The number of amides is 2. The summed E-state index contributed by atoms with van der Waals surface area (Å²) in [5, 5.41) is 3.91. The van der Waals surface area contributed by atoms with Gasteiger partial charge >= 0.3 is 0 Å². The molecule has 0 heterocycles. The molecule has 0 saturated heterocycles. The summed E-state index contributed by atoms with van der Waals surface area (Å²) in [6.45, 7) is 5.85. The third-order valence-electron chi connectivity index (χ3n) is 4.97. The molecule has 0 saturated carbocycles. The Kier molecular flexibility index (Phi) is 10.7. The zero-order valence-electron chi connectivity index (χ0n) is 17.8. The molecule has 31 heavy (non-hydrogen) atoms. The van der Waals surface area contributed by atoms with Gasteiger partial charge in [-0.15, -0.1) is 11.8 Å². The van der Waals surface area contributed by atoms with E-state index in [1.54, 1.807) is 30.0 Å². The monoisotopic (exact) mass is 544 g/mol. The molecule has 0 aliphatic heterocycles. The van der Waals surface area contributed by atoms with Crippen molar-refractivity contribution in [3.05, 3.63) is 68.1 Å². The van der Waals surface area contributed by atoms with Gasteiger partial charge in [-0.3, -0.25) is 9.59 Å². The second-order valence-corrected chi connectivity index (χ2v) is 10.1. The first-order valence-corrected chi connectivity index (χ1v) is 12.8. The quantitative estimate of drug-likeness (QED) is 0.380. The van der Waals surface area contributed by atoms with Crippen LogP contribution in [0.1, 0.15) is 38.3 Å². The summed E-state index contributed by atoms with van der Waals surface area (Å²) in [4.78, 5) is 27.5. The molecule has 2 atom stereocenters. The smallest absolute Gasteiger partial charge is 0.242 e. The first kappa shape index (κ1) is 26.0. The van der Waals surface area contributed by atoms with E-state index in [1.165, 1.54) is 11.8 Å². The van der Waals surface area contributed by atoms with Crippen LogP contribution >= 0.6 is 50.9 Å². The van der Waals surface area contributed by atoms with E-state index in [4.69, 9.17) is 23.2 Å². The van der Waals surface area contributed by atoms with Crippen LogP contribution in [0.25, 0.3) is 0 Å². The summed E-state index contributed by atoms with van der Waals surface area (Å²) in [7, 11) is 0. The third kappa shape index (κ3) is 8.01. The molecule has 1 N–H and O–H groups in total. The normalized spacial score (nSPS) is 12.8. The second kappa shape index (κ2) is 12.7. The van der Waals surface area contributed by atoms with Crippen LogP contribution in [0.4, 0.5) is 0 Å². The SMILES string of the molecule is CC[C@H](C)NC(=O)[C@H](C)N(Cc1c(Cl)cccc1Cl)C(=O)CSCc1ccc(Br)cc1. The van der Waals surface area contributed by atoms with Crippen molar-refractivity contribution in [1.29, 1.82) is 0 Å². The van der Waals surface area contributed by atoms with Crippen molar-refractivity contribution in [3.8, 4) is 0 Å². The predicted molar refractivity (Wildman–Crippen MR) is 135 cm³/mol. The van der Waals surface area contributed by atoms with Gasteiger partial charge in [0.1, 0.15) is 6.04 Å². The summed E-state index contributed by atoms with van der Waals surface area (Å²) in [6.07, 6.45) is 0.811. The molecular weight excluding hydrogens is 519 g/mol. The average molecular weight is 546 g/mol. The van der Waals surface area contributed by atoms with E-state index in [1.807, 2.05) is 38.1 Å². The highest BCUT2D eigenvalue weighted by molar-refractivity contribution is 9.10. The molecule has 4 nitrogen and oxygen atoms in total. The van der Waals surface area contributed by atoms with Crippen LogP contribution in [-0.4, -0.2) is 34.6 Å². The van der Waals surface area contributed by atoms with Crippen molar-refractivity contribution < 1.29 is 9.59 Å². The van der Waals surface area contributed by atoms with Crippen molar-refractivity contribution in [2.45, 2.75) is 51.6 Å². The van der Waals surface area contributed by atoms with Crippen molar-refractivity contribution >= 4 is 62.7 Å². The number of halogens is 3. The fourth-order valence-electron chi connectivity index (χ4n) is 2.82. The molecule has 2 rings (SSSR count). The first-order valence-electron chi connectivity index (χ1n) is 10.1. The molecule has 0 unspecified atom stereocenters. The summed E-state index contributed by atoms with van der Waals surface area (Å²) < 4.78 is 1.02. The first-order chi connectivity index (χ1) is 14.7. The largest absolute Gasteiger partial charge is 0.352 e. The number of hydrogen-bond donors (Lipinski definition) is 1. The lowest BCUT2D eigenvalue weighted by Crippen LogP contribution is -2.50. The summed E-state index contributed by atoms with van der Waals surface area (Å²) in [6, 6.07) is 12.6. The number of benzene rings is 2. The average Bonchev–Trinajstić information content (AvgIpc) is 2.74. The Morgan fingerprint density at radius 3 is 2.29 bits per heavy atom. The Bertz CT molecular complexity index is 875. The lowest BCUT2D eigenvalue weighted by atomic mass is 10.1. The van der Waals surface area contributed by atoms with E-state index in [-0.39, 0.29) is 30.2 Å². The zero-order chi connectivity index (χ0) is 23.0. The van der Waals surface area contributed by atoms with Gasteiger partial charge < -0.3 is 10.2 Å². The minimum atomic E-state index is -0.651. The van der Waals surface area contributed by atoms with E-state index < -0.39 is 6.04 Å². The van der Waals surface area contributed by atoms with Crippen LogP contribution in [0.2, 0.25) is 10.0 Å². The maximum absolute atomic E-state index is 13.1. The van der Waals surface area contributed by atoms with Gasteiger partial charge in [-0.1, -0.05) is 64.3 Å². The van der Waals surface area contributed by atoms with E-state index in [0.29, 0.717) is 21.4 Å². The van der Waals surface area contributed by atoms with Gasteiger partial charge in [0.25, 0.3) is 0 Å². The maximum atomic E-state index is 13.1. The summed E-state index contributed by atoms with van der Waals surface area (Å²) in [5.41, 5.74) is 1.77. The minimum absolute atomic E-state index is 0.0302. The number of nitrogens with zero attached hydrogens (tertiary/aromatic N) is 1. The molecule has 0 aliphatic carbocycles. The summed E-state index contributed by atoms with van der Waals surface area (Å²) >= 11 is 17.6. The van der Waals surface area contributed by atoms with Crippen LogP contribution in [0.5, 0.6) is 0 Å². The van der Waals surface area contributed by atoms with Gasteiger partial charge in [0.2, 0.25) is 11.8 Å². The number of thioether (sulfide) groups is 1. The predicted octanol–water partition coefficient (Wildman–Crippen LogP) is 6.32. The van der Waals surface area contributed by atoms with Crippen LogP contribution in [0.15, 0.2) is 46.9 Å². The van der Waals surface area contributed by atoms with Crippen molar-refractivity contribution in [1.82, 2.24) is 10.2 Å². The number of hydrogen-bond acceptors (Lipinski definition) is 3. The van der Waals surface area contributed by atoms with E-state index in [2.05, 4.69) is 21.2 Å². The van der Waals surface area contributed by atoms with Gasteiger partial charge in [0.05, 0.1) is 5.75 Å². The minimum Gasteiger partial charge on any atom is -0.352 e. The lowest BCUT2D eigenvalue weighted by molar-refractivity contribution is -0.138. The van der Waals surface area contributed by atoms with Gasteiger partial charge in [-0.2, -0.15) is 0 Å². The van der Waals surface area contributed by atoms with E-state index in [0.717, 1.165) is 16.5 Å². The highest BCUT2D eigenvalue weighted by Gasteiger charge is 2.27. The topological polar surface area (TPSA) is 49.4 Å². The molecule has 2 amide bonds. The van der Waals surface area contributed by atoms with Crippen LogP contribution in [0.3, 0.4) is 0 Å². The Hall–Kier alpha value is -1.21. The Morgan fingerprint density at radius 1 is 1.10 bits per heavy atom. The second-order valence-electron chi connectivity index (χ2n) is 7.33. The zero-order valence-corrected chi connectivity index (χ0v) is 21.7. The molecule has 2 aromatic rings. The van der Waals surface area contributed by atoms with Gasteiger partial charge in [-0.05, 0) is 50.1 Å². The van der Waals surface area contributed by atoms with Gasteiger partial charge in [0, 0.05) is 38.4 Å². The van der Waals surface area contributed by atoms with E-state index in [9.17, 15) is 9.59 Å². The Morgan fingerprint density at radius 2 is 1.71 bits per heavy atom. The molecule has 0 aromatic heterocycles. The standard InChI is InChI=1S/C23H27BrCl2N2O2S/c1-4-15(2)27-23(30)16(3)28(12-19-20(25)6-5-7-21(19)26)22(29)14-31-13-17-8-10-18(24)11-9-17/h5-11,15-16H,4,12-14H2,1-3H3,(H,27,30)/t15-,16-/m0/s1. The van der Waals surface area contributed by atoms with Gasteiger partial charge in [0.15, 0.2) is 0 Å². The number of carbonyl (C=O) groups is 2. The van der Waals surface area contributed by atoms with Crippen LogP contribution < -0.4 is 5.32 Å². The molecule has 2 aromatic carbocycles. The van der Waals surface area contributed by atoms with Crippen molar-refractivity contribution in [3.63, 3.8) is 0 Å². The molecule has 0 fully saturated rings. The highest BCUT2D eigenvalue weighted by Crippen LogP contribution is 2.27. The van der Waals surface area contributed by atoms with Crippen LogP contribution in [0, 0.1) is 0 Å². The molecule has 0 bridgehead atoms. The molecule has 8 heteroatoms. The Balaban J connectivity index is 2.14. The van der Waals surface area contributed by atoms with Crippen molar-refractivity contribution in [2.24, 2.45) is 0 Å². The molecule has 0 spiro atoms. The maximum Gasteiger partial charge on any atom is 0.242 e. The summed E-state index contributed by atoms with van der Waals surface area (Å²) in [5.74, 6) is 0.625. The van der Waals surface area contributed by atoms with Crippen molar-refractivity contribution in [2.75, 3.05) is 5.75 Å². The molecule has 0 aliphatic rings. The number of rotatable bonds is 10. The lowest BCUT2D eigenvalue weighted by Gasteiger charge is -2.30. The molecule has 168 valence electrons. The number of nitrogens with one attached hydrogen (secondary N) is 1.